The molecule has 0 amide bonds. The third kappa shape index (κ3) is 11.4. The fourth-order valence-corrected chi connectivity index (χ4v) is 0.581. The van der Waals surface area contributed by atoms with Crippen molar-refractivity contribution in [3.8, 4) is 0 Å². The van der Waals surface area contributed by atoms with Gasteiger partial charge >= 0.3 is 19.5 Å². The summed E-state index contributed by atoms with van der Waals surface area (Å²) in [5, 5.41) is 0. The number of aromatic amines is 1. The van der Waals surface area contributed by atoms with Crippen LogP contribution in [-0.2, 0) is 19.5 Å². The normalized spacial score (nSPS) is 9.85. The molecule has 0 spiro atoms. The molecular weight excluding hydrogens is 247 g/mol. The predicted octanol–water partition coefficient (Wildman–Crippen LogP) is 3.02. The first-order chi connectivity index (χ1) is 5.00. The minimum Gasteiger partial charge on any atom is -0.484 e. The topological polar surface area (TPSA) is 15.8 Å². The molecule has 0 aliphatic heterocycles. The first kappa shape index (κ1) is 18.2. The Morgan fingerprint density at radius 1 is 1.23 bits per heavy atom. The second-order valence-electron chi connectivity index (χ2n) is 1.82. The van der Waals surface area contributed by atoms with E-state index in [1.165, 1.54) is 0 Å². The predicted molar refractivity (Wildman–Crippen MR) is 54.0 cm³/mol. The van der Waals surface area contributed by atoms with Gasteiger partial charge in [-0.25, -0.2) is 12.2 Å². The van der Waals surface area contributed by atoms with Crippen LogP contribution in [0.25, 0.3) is 0 Å². The van der Waals surface area contributed by atoms with Gasteiger partial charge in [-0.3, -0.25) is 6.08 Å². The Kier molecular flexibility index (Phi) is 19.5. The summed E-state index contributed by atoms with van der Waals surface area (Å²) < 4.78 is 0. The molecule has 1 aliphatic carbocycles. The molecule has 0 unspecified atom stereocenters. The first-order valence-electron chi connectivity index (χ1n) is 3.21. The Labute approximate surface area is 94.7 Å². The molecule has 1 nitrogen and oxygen atoms in total. The van der Waals surface area contributed by atoms with E-state index in [-0.39, 0.29) is 34.3 Å². The largest absolute Gasteiger partial charge is 4.00 e. The van der Waals surface area contributed by atoms with Crippen molar-refractivity contribution < 1.29 is 19.5 Å². The summed E-state index contributed by atoms with van der Waals surface area (Å²) in [5.74, 6) is 0. The van der Waals surface area contributed by atoms with Crippen LogP contribution in [-0.4, -0.2) is 4.98 Å². The van der Waals surface area contributed by atoms with Crippen molar-refractivity contribution in [2.45, 2.75) is 6.42 Å². The molecule has 0 bridgehead atoms. The van der Waals surface area contributed by atoms with Crippen LogP contribution in [0.5, 0.6) is 0 Å². The number of allylic oxidation sites excluding steroid dienone is 4. The SMILES string of the molecule is [C-]1=CC=CC1.[CH3-].[CH3-].[Ru+4].[c-]1ccc[nH]1. The van der Waals surface area contributed by atoms with Crippen LogP contribution in [0.15, 0.2) is 36.6 Å². The molecule has 0 saturated heterocycles. The van der Waals surface area contributed by atoms with Crippen molar-refractivity contribution in [3.05, 3.63) is 63.7 Å². The van der Waals surface area contributed by atoms with Crippen LogP contribution in [0.3, 0.4) is 0 Å². The zero-order valence-corrected chi connectivity index (χ0v) is 9.76. The number of H-pyrrole nitrogens is 1. The minimum absolute atomic E-state index is 0. The molecule has 13 heavy (non-hydrogen) atoms. The van der Waals surface area contributed by atoms with Crippen molar-refractivity contribution in [2.75, 3.05) is 0 Å². The van der Waals surface area contributed by atoms with Gasteiger partial charge in [0.1, 0.15) is 0 Å². The summed E-state index contributed by atoms with van der Waals surface area (Å²) in [5.41, 5.74) is 0. The molecule has 0 radical (unpaired) electrons. The fraction of sp³-hybridized carbons (Fsp3) is 0.0909. The van der Waals surface area contributed by atoms with Gasteiger partial charge in [-0.1, -0.05) is 0 Å². The van der Waals surface area contributed by atoms with E-state index in [0.717, 1.165) is 6.42 Å². The zero-order valence-electron chi connectivity index (χ0n) is 8.02. The van der Waals surface area contributed by atoms with Crippen molar-refractivity contribution in [1.29, 1.82) is 0 Å². The average molecular weight is 262 g/mol. The Hall–Kier alpha value is -0.617. The Balaban J connectivity index is -0.000000125. The van der Waals surface area contributed by atoms with Crippen LogP contribution in [0.1, 0.15) is 6.42 Å². The number of aromatic nitrogens is 1. The summed E-state index contributed by atoms with van der Waals surface area (Å²) in [4.78, 5) is 2.74. The Bertz CT molecular complexity index is 173. The number of nitrogens with one attached hydrogen (secondary N) is 1. The van der Waals surface area contributed by atoms with E-state index in [1.54, 1.807) is 0 Å². The third-order valence-electron chi connectivity index (χ3n) is 1.03. The molecule has 0 atom stereocenters. The van der Waals surface area contributed by atoms with Crippen molar-refractivity contribution in [1.82, 2.24) is 4.98 Å². The average Bonchev–Trinajstić information content (AvgIpc) is 2.67. The van der Waals surface area contributed by atoms with Crippen LogP contribution in [0, 0.1) is 27.1 Å². The van der Waals surface area contributed by atoms with E-state index in [1.807, 2.05) is 30.5 Å². The summed E-state index contributed by atoms with van der Waals surface area (Å²) in [6.07, 6.45) is 14.6. The molecule has 1 aromatic rings. The van der Waals surface area contributed by atoms with Crippen LogP contribution >= 0.6 is 0 Å². The summed E-state index contributed by atoms with van der Waals surface area (Å²) in [6.45, 7) is 0. The quantitative estimate of drug-likeness (QED) is 0.546. The molecule has 0 aromatic carbocycles. The van der Waals surface area contributed by atoms with Crippen LogP contribution < -0.4 is 0 Å². The summed E-state index contributed by atoms with van der Waals surface area (Å²) >= 11 is 0. The van der Waals surface area contributed by atoms with Gasteiger partial charge in [0.25, 0.3) is 0 Å². The monoisotopic (exact) mass is 263 g/mol. The molecule has 0 saturated carbocycles. The number of hydrogen-bond acceptors (Lipinski definition) is 0. The molecule has 72 valence electrons. The van der Waals surface area contributed by atoms with E-state index in [9.17, 15) is 0 Å². The van der Waals surface area contributed by atoms with Gasteiger partial charge in [0.2, 0.25) is 0 Å². The van der Waals surface area contributed by atoms with Gasteiger partial charge in [-0.05, 0) is 0 Å². The maximum atomic E-state index is 2.99. The molecule has 1 N–H and O–H groups in total. The van der Waals surface area contributed by atoms with Gasteiger partial charge in [0, 0.05) is 0 Å². The molecule has 2 heteroatoms. The van der Waals surface area contributed by atoms with E-state index >= 15 is 0 Å². The van der Waals surface area contributed by atoms with E-state index in [2.05, 4.69) is 23.3 Å². The van der Waals surface area contributed by atoms with Crippen LogP contribution in [0.2, 0.25) is 0 Å². The maximum Gasteiger partial charge on any atom is 4.00 e. The Morgan fingerprint density at radius 2 is 2.00 bits per heavy atom. The minimum atomic E-state index is 0. The third-order valence-corrected chi connectivity index (χ3v) is 1.03. The molecule has 1 heterocycles. The maximum absolute atomic E-state index is 2.99. The fourth-order valence-electron chi connectivity index (χ4n) is 0.581. The molecule has 2 rings (SSSR count). The second-order valence-corrected chi connectivity index (χ2v) is 1.82. The van der Waals surface area contributed by atoms with Gasteiger partial charge in [-0.15, -0.1) is 12.6 Å². The van der Waals surface area contributed by atoms with E-state index < -0.39 is 0 Å². The van der Waals surface area contributed by atoms with Crippen LogP contribution in [0.4, 0.5) is 0 Å². The van der Waals surface area contributed by atoms with Crippen molar-refractivity contribution >= 4 is 0 Å². The van der Waals surface area contributed by atoms with Gasteiger partial charge < -0.3 is 19.8 Å². The first-order valence-corrected chi connectivity index (χ1v) is 3.21. The van der Waals surface area contributed by atoms with Crippen molar-refractivity contribution in [3.63, 3.8) is 0 Å². The van der Waals surface area contributed by atoms with Gasteiger partial charge in [0.15, 0.2) is 0 Å². The Morgan fingerprint density at radius 3 is 2.15 bits per heavy atom. The molecule has 1 aromatic heterocycles. The molecule has 1 aliphatic rings. The number of hydrogen-bond donors (Lipinski definition) is 1. The van der Waals surface area contributed by atoms with E-state index in [4.69, 9.17) is 0 Å². The smallest absolute Gasteiger partial charge is 0.484 e. The second kappa shape index (κ2) is 13.9. The standard InChI is InChI=1S/C5H5.C4H4N.2CH3.Ru/c2*1-2-4-5-3-1;;;/h1-3H,4H2;1-3,5H;2*1H3;/q4*-1;+4. The number of rotatable bonds is 0. The van der Waals surface area contributed by atoms with E-state index in [0.29, 0.717) is 0 Å². The molecular formula is C11H15NRu. The zero-order chi connectivity index (χ0) is 7.07. The summed E-state index contributed by atoms with van der Waals surface area (Å²) in [6, 6.07) is 3.71. The summed E-state index contributed by atoms with van der Waals surface area (Å²) in [7, 11) is 0. The van der Waals surface area contributed by atoms with Gasteiger partial charge in [-0.2, -0.15) is 24.4 Å². The van der Waals surface area contributed by atoms with Gasteiger partial charge in [0.05, 0.1) is 0 Å². The van der Waals surface area contributed by atoms with Crippen molar-refractivity contribution in [2.24, 2.45) is 0 Å². The molecule has 0 fully saturated rings.